The van der Waals surface area contributed by atoms with E-state index in [1.807, 2.05) is 0 Å². The number of nitrogens with one attached hydrogen (secondary N) is 1. The molecule has 0 saturated heterocycles. The summed E-state index contributed by atoms with van der Waals surface area (Å²) in [6, 6.07) is 0. The third-order valence-electron chi connectivity index (χ3n) is 1.82. The van der Waals surface area contributed by atoms with Gasteiger partial charge in [0.15, 0.2) is 0 Å². The van der Waals surface area contributed by atoms with Crippen molar-refractivity contribution in [3.63, 3.8) is 0 Å². The first kappa shape index (κ1) is 12.4. The molecule has 0 rings (SSSR count). The van der Waals surface area contributed by atoms with E-state index in [9.17, 15) is 0 Å². The molecule has 0 aliphatic rings. The maximum absolute atomic E-state index is 3.87. The van der Waals surface area contributed by atoms with E-state index in [2.05, 4.69) is 37.9 Å². The molecular formula is C12H23N. The van der Waals surface area contributed by atoms with E-state index in [0.717, 1.165) is 32.4 Å². The summed E-state index contributed by atoms with van der Waals surface area (Å²) in [6.07, 6.45) is 9.14. The molecule has 76 valence electrons. The van der Waals surface area contributed by atoms with E-state index >= 15 is 0 Å². The summed E-state index contributed by atoms with van der Waals surface area (Å²) in [4.78, 5) is 0. The predicted octanol–water partition coefficient (Wildman–Crippen LogP) is 3.29. The van der Waals surface area contributed by atoms with Crippen LogP contribution in [0.4, 0.5) is 0 Å². The van der Waals surface area contributed by atoms with E-state index in [1.165, 1.54) is 12.0 Å². The van der Waals surface area contributed by atoms with Crippen molar-refractivity contribution >= 4 is 0 Å². The van der Waals surface area contributed by atoms with Gasteiger partial charge in [0.2, 0.25) is 0 Å². The molecule has 0 aromatic heterocycles. The molecule has 13 heavy (non-hydrogen) atoms. The van der Waals surface area contributed by atoms with Crippen LogP contribution in [0.15, 0.2) is 24.3 Å². The highest BCUT2D eigenvalue weighted by atomic mass is 14.8. The third-order valence-corrected chi connectivity index (χ3v) is 1.82. The van der Waals surface area contributed by atoms with E-state index in [0.29, 0.717) is 0 Å². The fraction of sp³-hybridized carbons (Fsp3) is 0.667. The molecule has 0 aliphatic heterocycles. The highest BCUT2D eigenvalue weighted by Crippen LogP contribution is 2.00. The van der Waals surface area contributed by atoms with Gasteiger partial charge in [0, 0.05) is 0 Å². The van der Waals surface area contributed by atoms with Gasteiger partial charge < -0.3 is 5.32 Å². The van der Waals surface area contributed by atoms with Crippen molar-refractivity contribution in [3.8, 4) is 0 Å². The minimum atomic E-state index is 1.11. The monoisotopic (exact) mass is 181 g/mol. The van der Waals surface area contributed by atoms with Crippen molar-refractivity contribution in [2.75, 3.05) is 13.1 Å². The van der Waals surface area contributed by atoms with E-state index in [4.69, 9.17) is 0 Å². The second-order valence-electron chi connectivity index (χ2n) is 3.51. The highest BCUT2D eigenvalue weighted by molar-refractivity contribution is 4.92. The van der Waals surface area contributed by atoms with Crippen LogP contribution in [0.3, 0.4) is 0 Å². The van der Waals surface area contributed by atoms with Gasteiger partial charge in [0.1, 0.15) is 0 Å². The number of hydrogen-bond donors (Lipinski definition) is 1. The largest absolute Gasteiger partial charge is 0.316 e. The standard InChI is InChI=1S/C12H23N/c1-4-10-13-11-8-6-5-7-9-12(2)3/h5-6,13H,2,4,7-11H2,1,3H3/b6-5+. The van der Waals surface area contributed by atoms with Crippen LogP contribution >= 0.6 is 0 Å². The molecule has 0 unspecified atom stereocenters. The summed E-state index contributed by atoms with van der Waals surface area (Å²) in [7, 11) is 0. The van der Waals surface area contributed by atoms with Crippen molar-refractivity contribution in [2.24, 2.45) is 0 Å². The van der Waals surface area contributed by atoms with Gasteiger partial charge in [-0.2, -0.15) is 0 Å². The summed E-state index contributed by atoms with van der Waals surface area (Å²) >= 11 is 0. The van der Waals surface area contributed by atoms with Gasteiger partial charge in [0.25, 0.3) is 0 Å². The summed E-state index contributed by atoms with van der Waals surface area (Å²) in [5.41, 5.74) is 1.27. The van der Waals surface area contributed by atoms with Crippen molar-refractivity contribution in [3.05, 3.63) is 24.3 Å². The van der Waals surface area contributed by atoms with Crippen LogP contribution in [0.1, 0.15) is 39.5 Å². The third kappa shape index (κ3) is 11.4. The Morgan fingerprint density at radius 2 is 1.92 bits per heavy atom. The van der Waals surface area contributed by atoms with E-state index < -0.39 is 0 Å². The predicted molar refractivity (Wildman–Crippen MR) is 61.0 cm³/mol. The zero-order valence-electron chi connectivity index (χ0n) is 9.10. The van der Waals surface area contributed by atoms with E-state index in [1.54, 1.807) is 0 Å². The molecule has 0 amide bonds. The molecule has 0 atom stereocenters. The first-order chi connectivity index (χ1) is 6.27. The average molecular weight is 181 g/mol. The Balaban J connectivity index is 3.08. The smallest absolute Gasteiger partial charge is 0.00143 e. The Kier molecular flexibility index (Phi) is 9.12. The number of allylic oxidation sites excluding steroid dienone is 2. The molecule has 1 heteroatoms. The quantitative estimate of drug-likeness (QED) is 0.447. The molecule has 0 saturated carbocycles. The Bertz CT molecular complexity index is 147. The lowest BCUT2D eigenvalue weighted by molar-refractivity contribution is 0.677. The topological polar surface area (TPSA) is 12.0 Å². The molecular weight excluding hydrogens is 158 g/mol. The molecule has 0 aromatic rings. The van der Waals surface area contributed by atoms with Gasteiger partial charge in [-0.1, -0.05) is 24.6 Å². The van der Waals surface area contributed by atoms with E-state index in [-0.39, 0.29) is 0 Å². The zero-order valence-corrected chi connectivity index (χ0v) is 9.10. The van der Waals surface area contributed by atoms with Crippen LogP contribution in [0.25, 0.3) is 0 Å². The van der Waals surface area contributed by atoms with Crippen molar-refractivity contribution in [1.29, 1.82) is 0 Å². The van der Waals surface area contributed by atoms with Gasteiger partial charge in [-0.05, 0) is 45.7 Å². The lowest BCUT2D eigenvalue weighted by Crippen LogP contribution is -2.14. The fourth-order valence-corrected chi connectivity index (χ4v) is 1.05. The van der Waals surface area contributed by atoms with Gasteiger partial charge in [0.05, 0.1) is 0 Å². The Morgan fingerprint density at radius 1 is 1.23 bits per heavy atom. The van der Waals surface area contributed by atoms with Gasteiger partial charge in [-0.3, -0.25) is 0 Å². The fourth-order valence-electron chi connectivity index (χ4n) is 1.05. The molecule has 1 N–H and O–H groups in total. The Labute approximate surface area is 82.9 Å². The summed E-state index contributed by atoms with van der Waals surface area (Å²) in [5.74, 6) is 0. The average Bonchev–Trinajstić information content (AvgIpc) is 2.09. The van der Waals surface area contributed by atoms with Gasteiger partial charge in [-0.25, -0.2) is 0 Å². The first-order valence-corrected chi connectivity index (χ1v) is 5.27. The van der Waals surface area contributed by atoms with Crippen LogP contribution in [0.5, 0.6) is 0 Å². The lowest BCUT2D eigenvalue weighted by Gasteiger charge is -1.98. The Morgan fingerprint density at radius 3 is 2.54 bits per heavy atom. The summed E-state index contributed by atoms with van der Waals surface area (Å²) < 4.78 is 0. The minimum absolute atomic E-state index is 1.11. The molecule has 0 fully saturated rings. The lowest BCUT2D eigenvalue weighted by atomic mass is 10.2. The molecule has 1 nitrogen and oxygen atoms in total. The van der Waals surface area contributed by atoms with Gasteiger partial charge in [-0.15, -0.1) is 6.58 Å². The van der Waals surface area contributed by atoms with Crippen LogP contribution in [0, 0.1) is 0 Å². The van der Waals surface area contributed by atoms with Crippen LogP contribution < -0.4 is 5.32 Å². The first-order valence-electron chi connectivity index (χ1n) is 5.27. The molecule has 0 radical (unpaired) electrons. The summed E-state index contributed by atoms with van der Waals surface area (Å²) in [6.45, 7) is 10.4. The normalized spacial score (nSPS) is 10.9. The van der Waals surface area contributed by atoms with Crippen LogP contribution in [-0.4, -0.2) is 13.1 Å². The van der Waals surface area contributed by atoms with Crippen molar-refractivity contribution in [2.45, 2.75) is 39.5 Å². The Hall–Kier alpha value is -0.560. The number of hydrogen-bond acceptors (Lipinski definition) is 1. The van der Waals surface area contributed by atoms with Crippen molar-refractivity contribution < 1.29 is 0 Å². The minimum Gasteiger partial charge on any atom is -0.316 e. The zero-order chi connectivity index (χ0) is 9.94. The molecule has 0 spiro atoms. The summed E-state index contributed by atoms with van der Waals surface area (Å²) in [5, 5.41) is 3.37. The second-order valence-corrected chi connectivity index (χ2v) is 3.51. The molecule has 0 bridgehead atoms. The molecule has 0 aromatic carbocycles. The molecule has 0 aliphatic carbocycles. The van der Waals surface area contributed by atoms with Crippen LogP contribution in [-0.2, 0) is 0 Å². The SMILES string of the molecule is C=C(C)CC/C=C/CCNCCC. The maximum Gasteiger partial charge on any atom is -0.00143 e. The van der Waals surface area contributed by atoms with Crippen LogP contribution in [0.2, 0.25) is 0 Å². The van der Waals surface area contributed by atoms with Gasteiger partial charge >= 0.3 is 0 Å². The highest BCUT2D eigenvalue weighted by Gasteiger charge is 1.83. The number of rotatable bonds is 8. The van der Waals surface area contributed by atoms with Crippen molar-refractivity contribution in [1.82, 2.24) is 5.32 Å². The molecule has 0 heterocycles. The second kappa shape index (κ2) is 9.53. The maximum atomic E-state index is 3.87.